The van der Waals surface area contributed by atoms with Crippen molar-refractivity contribution < 1.29 is 85.4 Å². The molecule has 2 heterocycles. The molecule has 0 aliphatic carbocycles. The molecule has 2 aliphatic rings. The zero-order valence-electron chi connectivity index (χ0n) is 46.0. The normalized spacial score (nSPS) is 40.2. The molecule has 1 saturated heterocycles. The smallest absolute Gasteiger partial charge is 0.311 e. The number of nitrogens with zero attached hydrogens (tertiary/aromatic N) is 1. The van der Waals surface area contributed by atoms with Gasteiger partial charge in [-0.3, -0.25) is 9.79 Å². The number of aliphatic imine (C=N–C) groups is 1. The van der Waals surface area contributed by atoms with E-state index in [1.807, 2.05) is 40.7 Å². The highest BCUT2D eigenvalue weighted by Crippen LogP contribution is 2.31. The van der Waals surface area contributed by atoms with E-state index in [1.54, 1.807) is 6.92 Å². The van der Waals surface area contributed by atoms with E-state index in [9.17, 15) is 71.2 Å². The summed E-state index contributed by atoms with van der Waals surface area (Å²) >= 11 is 0. The Bertz CT molecular complexity index is 1640. The van der Waals surface area contributed by atoms with Crippen LogP contribution in [0.5, 0.6) is 0 Å². The molecular formula is C55H103N3O17. The van der Waals surface area contributed by atoms with Gasteiger partial charge in [-0.15, -0.1) is 0 Å². The van der Waals surface area contributed by atoms with Crippen molar-refractivity contribution in [1.82, 2.24) is 0 Å². The fourth-order valence-corrected chi connectivity index (χ4v) is 10.3. The number of hydrogen-bond donors (Lipinski definition) is 15. The molecule has 20 heteroatoms. The van der Waals surface area contributed by atoms with E-state index in [1.165, 1.54) is 6.08 Å². The standard InChI is InChI=1S/C55H103N3O17/c1-7-8-19-43-50(69)33(3)22-23-38(61)17-11-16-37(60)18-12-20-44(66)34(4)26-47(74-54-52(71)51(70)48(31-59)75-54)45(67)30-42(65)29-41(64)28-40(63)27-39(62)15-10-9-14-32(2)25-35(5)49(68)36(6)46(73-53(43)72)21-13-24-58-55(56)57/h25-26,33,35-52,54,59-71H,7-24,27-31H2,1-6H3,(H4,56,57,58)/b32-25+,34-26-. The molecule has 17 N–H and O–H groups in total. The molecule has 0 saturated carbocycles. The number of cyclic esters (lactones) is 1. The molecular weight excluding hydrogens is 975 g/mol. The van der Waals surface area contributed by atoms with Gasteiger partial charge in [0, 0.05) is 24.8 Å². The highest BCUT2D eigenvalue weighted by Gasteiger charge is 2.45. The number of guanidine groups is 1. The van der Waals surface area contributed by atoms with E-state index in [-0.39, 0.29) is 49.9 Å². The van der Waals surface area contributed by atoms with Gasteiger partial charge in [-0.2, -0.15) is 0 Å². The largest absolute Gasteiger partial charge is 0.462 e. The van der Waals surface area contributed by atoms with E-state index in [0.717, 1.165) is 12.0 Å². The predicted molar refractivity (Wildman–Crippen MR) is 284 cm³/mol. The second kappa shape index (κ2) is 36.7. The van der Waals surface area contributed by atoms with Crippen molar-refractivity contribution in [2.75, 3.05) is 13.2 Å². The average Bonchev–Trinajstić information content (AvgIpc) is 3.61. The van der Waals surface area contributed by atoms with Gasteiger partial charge in [0.05, 0.1) is 73.6 Å². The summed E-state index contributed by atoms with van der Waals surface area (Å²) in [4.78, 5) is 18.2. The molecule has 2 rings (SSSR count). The molecule has 0 spiro atoms. The molecule has 0 aromatic carbocycles. The van der Waals surface area contributed by atoms with E-state index >= 15 is 0 Å². The van der Waals surface area contributed by atoms with Crippen LogP contribution < -0.4 is 11.5 Å². The van der Waals surface area contributed by atoms with E-state index in [0.29, 0.717) is 108 Å². The van der Waals surface area contributed by atoms with Crippen molar-refractivity contribution >= 4 is 11.9 Å². The molecule has 20 nitrogen and oxygen atoms in total. The molecule has 0 aromatic rings. The van der Waals surface area contributed by atoms with E-state index < -0.39 is 122 Å². The minimum absolute atomic E-state index is 0.0173. The fraction of sp³-hybridized carbons (Fsp3) is 0.891. The number of carbonyl (C=O) groups excluding carboxylic acids is 1. The number of aliphatic hydroxyl groups excluding tert-OH is 13. The van der Waals surface area contributed by atoms with Crippen molar-refractivity contribution in [2.24, 2.45) is 40.1 Å². The summed E-state index contributed by atoms with van der Waals surface area (Å²) in [6, 6.07) is 0. The molecule has 20 unspecified atom stereocenters. The van der Waals surface area contributed by atoms with Gasteiger partial charge < -0.3 is 92.1 Å². The maximum atomic E-state index is 14.1. The van der Waals surface area contributed by atoms with Crippen LogP contribution in [-0.2, 0) is 19.0 Å². The maximum Gasteiger partial charge on any atom is 0.311 e. The van der Waals surface area contributed by atoms with Crippen molar-refractivity contribution in [3.05, 3.63) is 23.3 Å². The third kappa shape index (κ3) is 26.4. The van der Waals surface area contributed by atoms with Gasteiger partial charge in [0.15, 0.2) is 12.2 Å². The number of rotatable bonds is 10. The monoisotopic (exact) mass is 1080 g/mol. The van der Waals surface area contributed by atoms with Crippen molar-refractivity contribution in [3.63, 3.8) is 0 Å². The van der Waals surface area contributed by atoms with Crippen molar-refractivity contribution in [2.45, 2.75) is 274 Å². The summed E-state index contributed by atoms with van der Waals surface area (Å²) in [5, 5.41) is 141. The predicted octanol–water partition coefficient (Wildman–Crippen LogP) is 2.25. The lowest BCUT2D eigenvalue weighted by Gasteiger charge is -2.33. The molecule has 2 aliphatic heterocycles. The van der Waals surface area contributed by atoms with Crippen LogP contribution in [-0.4, -0.2) is 189 Å². The SMILES string of the molecule is CCCCC1C(=O)OC(CCCN=C(N)N)C(C)C(O)C(C)/C=C(\C)CCCCC(O)CC(O)CC(O)CC(O)CC(O)C(OC2OC(CO)C(O)C2O)/C=C(/C)C(O)CCCC(O)CCCC(O)CCC(C)C1O. The number of esters is 1. The molecule has 440 valence electrons. The third-order valence-corrected chi connectivity index (χ3v) is 15.3. The quantitative estimate of drug-likeness (QED) is 0.0490. The highest BCUT2D eigenvalue weighted by atomic mass is 16.7. The summed E-state index contributed by atoms with van der Waals surface area (Å²) in [5.41, 5.74) is 12.5. The summed E-state index contributed by atoms with van der Waals surface area (Å²) in [7, 11) is 0. The van der Waals surface area contributed by atoms with Crippen LogP contribution >= 0.6 is 0 Å². The Morgan fingerprint density at radius 2 is 1.24 bits per heavy atom. The lowest BCUT2D eigenvalue weighted by atomic mass is 9.84. The van der Waals surface area contributed by atoms with Gasteiger partial charge in [0.2, 0.25) is 0 Å². The van der Waals surface area contributed by atoms with Gasteiger partial charge in [-0.1, -0.05) is 64.7 Å². The van der Waals surface area contributed by atoms with Crippen LogP contribution in [0.25, 0.3) is 0 Å². The fourth-order valence-electron chi connectivity index (χ4n) is 10.3. The van der Waals surface area contributed by atoms with Crippen LogP contribution in [0, 0.1) is 23.7 Å². The Kier molecular flexibility index (Phi) is 33.7. The number of unbranched alkanes of at least 4 members (excludes halogenated alkanes) is 1. The highest BCUT2D eigenvalue weighted by molar-refractivity contribution is 5.75. The van der Waals surface area contributed by atoms with Crippen LogP contribution in [0.1, 0.15) is 176 Å². The van der Waals surface area contributed by atoms with E-state index in [4.69, 9.17) is 25.7 Å². The summed E-state index contributed by atoms with van der Waals surface area (Å²) in [6.07, 6.45) is -7.36. The first kappa shape index (κ1) is 68.7. The maximum absolute atomic E-state index is 14.1. The van der Waals surface area contributed by atoms with Gasteiger partial charge in [0.25, 0.3) is 0 Å². The summed E-state index contributed by atoms with van der Waals surface area (Å²) < 4.78 is 17.6. The van der Waals surface area contributed by atoms with Crippen molar-refractivity contribution in [1.29, 1.82) is 0 Å². The zero-order chi connectivity index (χ0) is 56.4. The van der Waals surface area contributed by atoms with Crippen LogP contribution in [0.15, 0.2) is 28.3 Å². The molecule has 0 radical (unpaired) electrons. The topological polar surface area (TPSA) is 372 Å². The minimum atomic E-state index is -1.59. The summed E-state index contributed by atoms with van der Waals surface area (Å²) in [5.74, 6) is -2.63. The molecule has 0 bridgehead atoms. The van der Waals surface area contributed by atoms with Crippen LogP contribution in [0.3, 0.4) is 0 Å². The molecule has 0 aromatic heterocycles. The van der Waals surface area contributed by atoms with Gasteiger partial charge in [-0.05, 0) is 134 Å². The zero-order valence-corrected chi connectivity index (χ0v) is 46.0. The second-order valence-electron chi connectivity index (χ2n) is 22.2. The third-order valence-electron chi connectivity index (χ3n) is 15.3. The first-order valence-electron chi connectivity index (χ1n) is 28.1. The molecule has 0 amide bonds. The Balaban J connectivity index is 2.31. The first-order valence-corrected chi connectivity index (χ1v) is 28.1. The lowest BCUT2D eigenvalue weighted by Crippen LogP contribution is -2.41. The Morgan fingerprint density at radius 1 is 0.653 bits per heavy atom. The Labute approximate surface area is 446 Å². The van der Waals surface area contributed by atoms with Crippen LogP contribution in [0.4, 0.5) is 0 Å². The van der Waals surface area contributed by atoms with Crippen LogP contribution in [0.2, 0.25) is 0 Å². The van der Waals surface area contributed by atoms with Crippen molar-refractivity contribution in [3.8, 4) is 0 Å². The number of nitrogens with two attached hydrogens (primary N) is 2. The first-order chi connectivity index (χ1) is 35.4. The number of aliphatic hydroxyl groups is 13. The van der Waals surface area contributed by atoms with E-state index in [2.05, 4.69) is 4.99 Å². The minimum Gasteiger partial charge on any atom is -0.462 e. The number of carbonyl (C=O) groups is 1. The lowest BCUT2D eigenvalue weighted by molar-refractivity contribution is -0.202. The Hall–Kier alpha value is -2.38. The Morgan fingerprint density at radius 3 is 1.84 bits per heavy atom. The van der Waals surface area contributed by atoms with Gasteiger partial charge in [-0.25, -0.2) is 0 Å². The molecule has 1 fully saturated rings. The van der Waals surface area contributed by atoms with Gasteiger partial charge >= 0.3 is 5.97 Å². The second-order valence-corrected chi connectivity index (χ2v) is 22.2. The summed E-state index contributed by atoms with van der Waals surface area (Å²) in [6.45, 7) is 10.8. The number of hydrogen-bond acceptors (Lipinski definition) is 18. The number of ether oxygens (including phenoxy) is 3. The average molecular weight is 1080 g/mol. The number of allylic oxidation sites excluding steroid dienone is 1. The molecule has 75 heavy (non-hydrogen) atoms. The van der Waals surface area contributed by atoms with Gasteiger partial charge in [0.1, 0.15) is 30.5 Å². The molecule has 20 atom stereocenters.